The molecule has 2 aromatic carbocycles. The van der Waals surface area contributed by atoms with Crippen molar-refractivity contribution in [2.45, 2.75) is 36.7 Å². The van der Waals surface area contributed by atoms with Gasteiger partial charge in [0.2, 0.25) is 0 Å². The molecule has 0 saturated heterocycles. The molecule has 2 aromatic rings. The van der Waals surface area contributed by atoms with Gasteiger partial charge in [0.1, 0.15) is 11.6 Å². The van der Waals surface area contributed by atoms with Gasteiger partial charge in [0.05, 0.1) is 16.8 Å². The van der Waals surface area contributed by atoms with Crippen molar-refractivity contribution in [2.75, 3.05) is 5.75 Å². The van der Waals surface area contributed by atoms with Crippen LogP contribution in [0.15, 0.2) is 47.4 Å². The Kier molecular flexibility index (Phi) is 5.20. The summed E-state index contributed by atoms with van der Waals surface area (Å²) >= 11 is 0. The smallest absolute Gasteiger partial charge is 0.178 e. The van der Waals surface area contributed by atoms with Gasteiger partial charge in [-0.25, -0.2) is 17.2 Å². The number of hydrogen-bond donors (Lipinski definition) is 1. The van der Waals surface area contributed by atoms with Crippen molar-refractivity contribution in [2.24, 2.45) is 5.92 Å². The van der Waals surface area contributed by atoms with Crippen LogP contribution in [0.2, 0.25) is 0 Å². The van der Waals surface area contributed by atoms with Crippen LogP contribution in [0.5, 0.6) is 0 Å². The first-order valence-corrected chi connectivity index (χ1v) is 9.97. The minimum atomic E-state index is -3.43. The van der Waals surface area contributed by atoms with E-state index < -0.39 is 21.5 Å². The molecule has 3 rings (SSSR count). The van der Waals surface area contributed by atoms with E-state index >= 15 is 0 Å². The molecule has 0 atom stereocenters. The lowest BCUT2D eigenvalue weighted by molar-refractivity contribution is 0.113. The Hall–Kier alpha value is -1.79. The SMILES string of the molecule is O=S(=O)(CC1CCC(O)CC1)c1ccc(-c2ccc(F)cc2F)cc1. The van der Waals surface area contributed by atoms with Crippen LogP contribution in [-0.4, -0.2) is 25.4 Å². The van der Waals surface area contributed by atoms with Crippen molar-refractivity contribution >= 4 is 9.84 Å². The van der Waals surface area contributed by atoms with E-state index in [1.165, 1.54) is 36.4 Å². The third-order valence-electron chi connectivity index (χ3n) is 4.73. The van der Waals surface area contributed by atoms with Gasteiger partial charge in [-0.1, -0.05) is 12.1 Å². The fraction of sp³-hybridized carbons (Fsp3) is 0.368. The van der Waals surface area contributed by atoms with Crippen molar-refractivity contribution in [1.29, 1.82) is 0 Å². The van der Waals surface area contributed by atoms with Gasteiger partial charge in [-0.15, -0.1) is 0 Å². The molecule has 1 aliphatic rings. The van der Waals surface area contributed by atoms with E-state index in [1.54, 1.807) is 0 Å². The Bertz CT molecular complexity index is 839. The Balaban J connectivity index is 1.77. The summed E-state index contributed by atoms with van der Waals surface area (Å²) in [6, 6.07) is 9.30. The average molecular weight is 366 g/mol. The van der Waals surface area contributed by atoms with Crippen molar-refractivity contribution in [1.82, 2.24) is 0 Å². The zero-order valence-corrected chi connectivity index (χ0v) is 14.5. The molecular formula is C19H20F2O3S. The molecule has 1 aliphatic carbocycles. The van der Waals surface area contributed by atoms with Crippen molar-refractivity contribution in [3.8, 4) is 11.1 Å². The van der Waals surface area contributed by atoms with E-state index in [-0.39, 0.29) is 28.2 Å². The zero-order chi connectivity index (χ0) is 18.0. The predicted octanol–water partition coefficient (Wildman–Crippen LogP) is 3.96. The van der Waals surface area contributed by atoms with Gasteiger partial charge in [0.25, 0.3) is 0 Å². The summed E-state index contributed by atoms with van der Waals surface area (Å²) in [6.45, 7) is 0. The summed E-state index contributed by atoms with van der Waals surface area (Å²) in [7, 11) is -3.43. The van der Waals surface area contributed by atoms with Gasteiger partial charge < -0.3 is 5.11 Å². The van der Waals surface area contributed by atoms with Crippen LogP contribution in [0.3, 0.4) is 0 Å². The lowest BCUT2D eigenvalue weighted by Gasteiger charge is -2.25. The lowest BCUT2D eigenvalue weighted by atomic mass is 9.89. The standard InChI is InChI=1S/C19H20F2O3S/c20-15-5-10-18(19(21)11-15)14-3-8-17(9-4-14)25(23,24)12-13-1-6-16(22)7-2-13/h3-5,8-11,13,16,22H,1-2,6-7,12H2. The van der Waals surface area contributed by atoms with E-state index in [4.69, 9.17) is 0 Å². The molecule has 0 aromatic heterocycles. The highest BCUT2D eigenvalue weighted by Crippen LogP contribution is 2.29. The molecule has 134 valence electrons. The summed E-state index contributed by atoms with van der Waals surface area (Å²) in [4.78, 5) is 0.199. The maximum Gasteiger partial charge on any atom is 0.178 e. The van der Waals surface area contributed by atoms with Crippen LogP contribution in [0.1, 0.15) is 25.7 Å². The van der Waals surface area contributed by atoms with Crippen LogP contribution in [0, 0.1) is 17.6 Å². The lowest BCUT2D eigenvalue weighted by Crippen LogP contribution is -2.24. The molecule has 6 heteroatoms. The molecule has 3 nitrogen and oxygen atoms in total. The van der Waals surface area contributed by atoms with Crippen LogP contribution >= 0.6 is 0 Å². The van der Waals surface area contributed by atoms with Gasteiger partial charge in [-0.3, -0.25) is 0 Å². The third-order valence-corrected chi connectivity index (χ3v) is 6.63. The molecule has 0 bridgehead atoms. The molecule has 25 heavy (non-hydrogen) atoms. The van der Waals surface area contributed by atoms with Gasteiger partial charge >= 0.3 is 0 Å². The normalized spacial score (nSPS) is 21.2. The molecule has 1 N–H and O–H groups in total. The first-order chi connectivity index (χ1) is 11.8. The largest absolute Gasteiger partial charge is 0.393 e. The molecule has 0 spiro atoms. The highest BCUT2D eigenvalue weighted by molar-refractivity contribution is 7.91. The van der Waals surface area contributed by atoms with E-state index in [0.717, 1.165) is 6.07 Å². The second kappa shape index (κ2) is 7.22. The Morgan fingerprint density at radius 2 is 1.60 bits per heavy atom. The number of benzene rings is 2. The fourth-order valence-electron chi connectivity index (χ4n) is 3.28. The highest BCUT2D eigenvalue weighted by Gasteiger charge is 2.25. The van der Waals surface area contributed by atoms with Crippen molar-refractivity contribution < 1.29 is 22.3 Å². The molecule has 0 amide bonds. The van der Waals surface area contributed by atoms with Crippen LogP contribution in [-0.2, 0) is 9.84 Å². The van der Waals surface area contributed by atoms with Gasteiger partial charge in [-0.05, 0) is 61.4 Å². The second-order valence-corrected chi connectivity index (χ2v) is 8.64. The van der Waals surface area contributed by atoms with Crippen molar-refractivity contribution in [3.05, 3.63) is 54.1 Å². The Labute approximate surface area is 146 Å². The topological polar surface area (TPSA) is 54.4 Å². The summed E-state index contributed by atoms with van der Waals surface area (Å²) in [5, 5.41) is 9.52. The minimum absolute atomic E-state index is 0.0580. The zero-order valence-electron chi connectivity index (χ0n) is 13.7. The first-order valence-electron chi connectivity index (χ1n) is 8.31. The highest BCUT2D eigenvalue weighted by atomic mass is 32.2. The van der Waals surface area contributed by atoms with Crippen LogP contribution < -0.4 is 0 Å². The summed E-state index contributed by atoms with van der Waals surface area (Å²) in [5.41, 5.74) is 0.726. The molecular weight excluding hydrogens is 346 g/mol. The predicted molar refractivity (Wildman–Crippen MR) is 91.8 cm³/mol. The monoisotopic (exact) mass is 366 g/mol. The first kappa shape index (κ1) is 18.0. The van der Waals surface area contributed by atoms with E-state index in [0.29, 0.717) is 31.2 Å². The van der Waals surface area contributed by atoms with E-state index in [9.17, 15) is 22.3 Å². The molecule has 0 heterocycles. The minimum Gasteiger partial charge on any atom is -0.393 e. The molecule has 0 aliphatic heterocycles. The summed E-state index contributed by atoms with van der Waals surface area (Å²) in [6.07, 6.45) is 2.38. The van der Waals surface area contributed by atoms with Gasteiger partial charge in [-0.2, -0.15) is 0 Å². The number of halogens is 2. The summed E-state index contributed by atoms with van der Waals surface area (Å²) < 4.78 is 51.9. The van der Waals surface area contributed by atoms with E-state index in [2.05, 4.69) is 0 Å². The molecule has 1 saturated carbocycles. The third kappa shape index (κ3) is 4.25. The van der Waals surface area contributed by atoms with Crippen LogP contribution in [0.25, 0.3) is 11.1 Å². The Morgan fingerprint density at radius 3 is 2.20 bits per heavy atom. The summed E-state index contributed by atoms with van der Waals surface area (Å²) in [5.74, 6) is -1.22. The number of hydrogen-bond acceptors (Lipinski definition) is 3. The maximum absolute atomic E-state index is 13.8. The Morgan fingerprint density at radius 1 is 0.960 bits per heavy atom. The number of aliphatic hydroxyl groups excluding tert-OH is 1. The van der Waals surface area contributed by atoms with Gasteiger partial charge in [0, 0.05) is 11.6 Å². The number of rotatable bonds is 4. The van der Waals surface area contributed by atoms with Crippen molar-refractivity contribution in [3.63, 3.8) is 0 Å². The number of sulfone groups is 1. The fourth-order valence-corrected chi connectivity index (χ4v) is 4.98. The molecule has 0 unspecified atom stereocenters. The van der Waals surface area contributed by atoms with E-state index in [1.807, 2.05) is 0 Å². The quantitative estimate of drug-likeness (QED) is 0.891. The van der Waals surface area contributed by atoms with Gasteiger partial charge in [0.15, 0.2) is 9.84 Å². The maximum atomic E-state index is 13.8. The van der Waals surface area contributed by atoms with Crippen LogP contribution in [0.4, 0.5) is 8.78 Å². The molecule has 1 fully saturated rings. The average Bonchev–Trinajstić information content (AvgIpc) is 2.57. The second-order valence-electron chi connectivity index (χ2n) is 6.60. The number of aliphatic hydroxyl groups is 1. The molecule has 0 radical (unpaired) electrons.